The Morgan fingerprint density at radius 2 is 2.00 bits per heavy atom. The maximum atomic E-state index is 9.00. The lowest BCUT2D eigenvalue weighted by Crippen LogP contribution is -2.03. The summed E-state index contributed by atoms with van der Waals surface area (Å²) in [5, 5.41) is 12.3. The Hall–Kier alpha value is -1.42. The number of rotatable bonds is 4. The number of aliphatic hydroxyl groups excluding tert-OH is 1. The van der Waals surface area contributed by atoms with Gasteiger partial charge in [0.15, 0.2) is 11.5 Å². The van der Waals surface area contributed by atoms with Crippen molar-refractivity contribution in [3.05, 3.63) is 17.7 Å². The van der Waals surface area contributed by atoms with Gasteiger partial charge in [0.1, 0.15) is 0 Å². The van der Waals surface area contributed by atoms with Crippen molar-refractivity contribution in [2.24, 2.45) is 0 Å². The van der Waals surface area contributed by atoms with E-state index in [2.05, 4.69) is 5.32 Å². The molecular weight excluding hydrogens is 206 g/mol. The van der Waals surface area contributed by atoms with Crippen LogP contribution in [0.5, 0.6) is 11.5 Å². The molecule has 1 aromatic carbocycles. The molecule has 16 heavy (non-hydrogen) atoms. The molecule has 2 N–H and O–H groups in total. The van der Waals surface area contributed by atoms with Crippen LogP contribution in [0, 0.1) is 0 Å². The Balaban J connectivity index is 2.36. The summed E-state index contributed by atoms with van der Waals surface area (Å²) >= 11 is 0. The summed E-state index contributed by atoms with van der Waals surface area (Å²) in [6.45, 7) is 1.08. The molecule has 1 heterocycles. The number of methoxy groups -OCH3 is 2. The van der Waals surface area contributed by atoms with Gasteiger partial charge in [-0.25, -0.2) is 0 Å². The maximum absolute atomic E-state index is 9.00. The van der Waals surface area contributed by atoms with Crippen LogP contribution in [0.2, 0.25) is 0 Å². The summed E-state index contributed by atoms with van der Waals surface area (Å²) in [6.07, 6.45) is 0.773. The molecule has 0 aliphatic carbocycles. The van der Waals surface area contributed by atoms with Gasteiger partial charge in [0.25, 0.3) is 0 Å². The summed E-state index contributed by atoms with van der Waals surface area (Å²) in [4.78, 5) is 0. The van der Waals surface area contributed by atoms with Crippen molar-refractivity contribution in [2.75, 3.05) is 32.7 Å². The first kappa shape index (κ1) is 11.1. The number of hydrogen-bond donors (Lipinski definition) is 2. The van der Waals surface area contributed by atoms with Gasteiger partial charge in [-0.05, 0) is 18.1 Å². The Morgan fingerprint density at radius 3 is 2.62 bits per heavy atom. The number of anilines is 1. The van der Waals surface area contributed by atoms with Crippen LogP contribution in [0.3, 0.4) is 0 Å². The van der Waals surface area contributed by atoms with Gasteiger partial charge in [-0.1, -0.05) is 0 Å². The highest BCUT2D eigenvalue weighted by Gasteiger charge is 2.24. The van der Waals surface area contributed by atoms with Gasteiger partial charge in [0.2, 0.25) is 0 Å². The van der Waals surface area contributed by atoms with Crippen molar-refractivity contribution in [1.29, 1.82) is 0 Å². The average Bonchev–Trinajstić information content (AvgIpc) is 2.70. The number of benzene rings is 1. The first-order valence-electron chi connectivity index (χ1n) is 5.40. The zero-order valence-corrected chi connectivity index (χ0v) is 9.62. The molecule has 0 radical (unpaired) electrons. The molecule has 0 bridgehead atoms. The lowest BCUT2D eigenvalue weighted by Gasteiger charge is -2.12. The zero-order valence-electron chi connectivity index (χ0n) is 9.62. The highest BCUT2D eigenvalue weighted by atomic mass is 16.5. The minimum Gasteiger partial charge on any atom is -0.493 e. The van der Waals surface area contributed by atoms with Crippen LogP contribution in [-0.2, 0) is 0 Å². The van der Waals surface area contributed by atoms with Crippen LogP contribution >= 0.6 is 0 Å². The van der Waals surface area contributed by atoms with Gasteiger partial charge >= 0.3 is 0 Å². The first-order chi connectivity index (χ1) is 7.80. The molecule has 1 aliphatic heterocycles. The quantitative estimate of drug-likeness (QED) is 0.814. The summed E-state index contributed by atoms with van der Waals surface area (Å²) in [5.41, 5.74) is 2.28. The summed E-state index contributed by atoms with van der Waals surface area (Å²) in [7, 11) is 3.26. The fraction of sp³-hybridized carbons (Fsp3) is 0.500. The van der Waals surface area contributed by atoms with E-state index in [-0.39, 0.29) is 6.61 Å². The van der Waals surface area contributed by atoms with Gasteiger partial charge < -0.3 is 19.9 Å². The molecule has 1 atom stereocenters. The van der Waals surface area contributed by atoms with Crippen LogP contribution in [0.1, 0.15) is 17.9 Å². The van der Waals surface area contributed by atoms with Crippen LogP contribution in [0.4, 0.5) is 5.69 Å². The summed E-state index contributed by atoms with van der Waals surface area (Å²) < 4.78 is 10.5. The van der Waals surface area contributed by atoms with Crippen LogP contribution in [0.25, 0.3) is 0 Å². The van der Waals surface area contributed by atoms with Crippen molar-refractivity contribution in [3.8, 4) is 11.5 Å². The lowest BCUT2D eigenvalue weighted by atomic mass is 9.98. The predicted octanol–water partition coefficient (Wildman–Crippen LogP) is 1.60. The standard InChI is InChI=1S/C12H17NO3/c1-15-11-5-9-8(3-4-14)7-13-10(9)6-12(11)16-2/h5-6,8,13-14H,3-4,7H2,1-2H3. The Labute approximate surface area is 95.2 Å². The normalized spacial score (nSPS) is 17.8. The van der Waals surface area contributed by atoms with Crippen molar-refractivity contribution in [2.45, 2.75) is 12.3 Å². The van der Waals surface area contributed by atoms with Crippen molar-refractivity contribution in [3.63, 3.8) is 0 Å². The molecule has 4 heteroatoms. The summed E-state index contributed by atoms with van der Waals surface area (Å²) in [5.74, 6) is 1.84. The number of hydrogen-bond acceptors (Lipinski definition) is 4. The molecule has 1 aromatic rings. The molecule has 1 unspecified atom stereocenters. The second-order valence-corrected chi connectivity index (χ2v) is 3.88. The molecule has 0 spiro atoms. The number of ether oxygens (including phenoxy) is 2. The SMILES string of the molecule is COc1cc2c(cc1OC)C(CCO)CN2. The van der Waals surface area contributed by atoms with Gasteiger partial charge in [-0.15, -0.1) is 0 Å². The van der Waals surface area contributed by atoms with Crippen LogP contribution in [0.15, 0.2) is 12.1 Å². The molecule has 2 rings (SSSR count). The molecule has 1 aliphatic rings. The van der Waals surface area contributed by atoms with E-state index in [1.807, 2.05) is 12.1 Å². The molecule has 4 nitrogen and oxygen atoms in total. The van der Waals surface area contributed by atoms with E-state index < -0.39 is 0 Å². The lowest BCUT2D eigenvalue weighted by molar-refractivity contribution is 0.278. The fourth-order valence-electron chi connectivity index (χ4n) is 2.14. The van der Waals surface area contributed by atoms with Gasteiger partial charge in [-0.3, -0.25) is 0 Å². The van der Waals surface area contributed by atoms with E-state index in [4.69, 9.17) is 14.6 Å². The molecule has 0 amide bonds. The van der Waals surface area contributed by atoms with Crippen molar-refractivity contribution in [1.82, 2.24) is 0 Å². The number of fused-ring (bicyclic) bond motifs is 1. The number of aliphatic hydroxyl groups is 1. The van der Waals surface area contributed by atoms with Crippen LogP contribution < -0.4 is 14.8 Å². The van der Waals surface area contributed by atoms with E-state index in [1.54, 1.807) is 14.2 Å². The minimum atomic E-state index is 0.208. The average molecular weight is 223 g/mol. The van der Waals surface area contributed by atoms with Gasteiger partial charge in [0.05, 0.1) is 14.2 Å². The molecule has 0 aromatic heterocycles. The minimum absolute atomic E-state index is 0.208. The van der Waals surface area contributed by atoms with E-state index in [9.17, 15) is 0 Å². The van der Waals surface area contributed by atoms with Crippen molar-refractivity contribution < 1.29 is 14.6 Å². The Kier molecular flexibility index (Phi) is 3.19. The highest BCUT2D eigenvalue weighted by molar-refractivity contribution is 5.65. The maximum Gasteiger partial charge on any atom is 0.162 e. The smallest absolute Gasteiger partial charge is 0.162 e. The first-order valence-corrected chi connectivity index (χ1v) is 5.40. The van der Waals surface area contributed by atoms with E-state index in [0.29, 0.717) is 5.92 Å². The third-order valence-corrected chi connectivity index (χ3v) is 3.01. The van der Waals surface area contributed by atoms with Crippen molar-refractivity contribution >= 4 is 5.69 Å². The zero-order chi connectivity index (χ0) is 11.5. The van der Waals surface area contributed by atoms with Gasteiger partial charge in [0, 0.05) is 30.8 Å². The molecule has 88 valence electrons. The number of nitrogens with one attached hydrogen (secondary N) is 1. The van der Waals surface area contributed by atoms with Gasteiger partial charge in [-0.2, -0.15) is 0 Å². The second kappa shape index (κ2) is 4.61. The molecule has 0 fully saturated rings. The fourth-order valence-corrected chi connectivity index (χ4v) is 2.14. The largest absolute Gasteiger partial charge is 0.493 e. The molecular formula is C12H17NO3. The molecule has 0 saturated carbocycles. The topological polar surface area (TPSA) is 50.7 Å². The Bertz CT molecular complexity index is 379. The van der Waals surface area contributed by atoms with E-state index in [1.165, 1.54) is 5.56 Å². The third-order valence-electron chi connectivity index (χ3n) is 3.01. The van der Waals surface area contributed by atoms with Crippen LogP contribution in [-0.4, -0.2) is 32.5 Å². The predicted molar refractivity (Wildman–Crippen MR) is 62.5 cm³/mol. The highest BCUT2D eigenvalue weighted by Crippen LogP contribution is 2.41. The summed E-state index contributed by atoms with van der Waals surface area (Å²) in [6, 6.07) is 3.94. The third kappa shape index (κ3) is 1.80. The van der Waals surface area contributed by atoms with E-state index >= 15 is 0 Å². The Morgan fingerprint density at radius 1 is 1.31 bits per heavy atom. The molecule has 0 saturated heterocycles. The van der Waals surface area contributed by atoms with E-state index in [0.717, 1.165) is 30.2 Å². The monoisotopic (exact) mass is 223 g/mol. The second-order valence-electron chi connectivity index (χ2n) is 3.88.